The summed E-state index contributed by atoms with van der Waals surface area (Å²) in [5.74, 6) is 0.875. The number of benzene rings is 2. The van der Waals surface area contributed by atoms with Crippen LogP contribution in [0.3, 0.4) is 0 Å². The van der Waals surface area contributed by atoms with Crippen molar-refractivity contribution in [3.63, 3.8) is 0 Å². The van der Waals surface area contributed by atoms with Crippen LogP contribution in [0.4, 0.5) is 0 Å². The van der Waals surface area contributed by atoms with Crippen LogP contribution in [0.25, 0.3) is 0 Å². The Labute approximate surface area is 122 Å². The van der Waals surface area contributed by atoms with Gasteiger partial charge in [0.25, 0.3) is 0 Å². The monoisotopic (exact) mass is 319 g/mol. The van der Waals surface area contributed by atoms with Gasteiger partial charge in [-0.2, -0.15) is 0 Å². The second kappa shape index (κ2) is 6.73. The zero-order valence-electron chi connectivity index (χ0n) is 11.0. The Hall–Kier alpha value is -1.32. The van der Waals surface area contributed by atoms with E-state index in [1.165, 1.54) is 0 Å². The van der Waals surface area contributed by atoms with Crippen LogP contribution in [0.2, 0.25) is 0 Å². The largest absolute Gasteiger partial charge is 0.489 e. The number of halogens is 1. The van der Waals surface area contributed by atoms with Crippen LogP contribution in [-0.4, -0.2) is 0 Å². The van der Waals surface area contributed by atoms with E-state index in [1.807, 2.05) is 48.5 Å². The van der Waals surface area contributed by atoms with Crippen LogP contribution < -0.4 is 10.5 Å². The van der Waals surface area contributed by atoms with Crippen molar-refractivity contribution >= 4 is 15.9 Å². The molecule has 2 aromatic carbocycles. The first kappa shape index (κ1) is 14.1. The van der Waals surface area contributed by atoms with Crippen LogP contribution in [0.5, 0.6) is 5.75 Å². The molecule has 3 heteroatoms. The van der Waals surface area contributed by atoms with Crippen molar-refractivity contribution in [3.05, 3.63) is 64.1 Å². The van der Waals surface area contributed by atoms with Crippen molar-refractivity contribution in [2.45, 2.75) is 26.0 Å². The highest BCUT2D eigenvalue weighted by molar-refractivity contribution is 9.10. The lowest BCUT2D eigenvalue weighted by Crippen LogP contribution is -2.10. The summed E-state index contributed by atoms with van der Waals surface area (Å²) in [5.41, 5.74) is 8.31. The summed E-state index contributed by atoms with van der Waals surface area (Å²) in [6, 6.07) is 16.1. The van der Waals surface area contributed by atoms with Gasteiger partial charge in [0, 0.05) is 16.1 Å². The maximum Gasteiger partial charge on any atom is 0.124 e. The van der Waals surface area contributed by atoms with Crippen molar-refractivity contribution in [3.8, 4) is 5.75 Å². The van der Waals surface area contributed by atoms with Gasteiger partial charge < -0.3 is 10.5 Å². The summed E-state index contributed by atoms with van der Waals surface area (Å²) < 4.78 is 6.96. The van der Waals surface area contributed by atoms with Crippen LogP contribution in [0.1, 0.15) is 30.5 Å². The van der Waals surface area contributed by atoms with E-state index in [0.717, 1.165) is 27.8 Å². The van der Waals surface area contributed by atoms with E-state index < -0.39 is 0 Å². The zero-order valence-corrected chi connectivity index (χ0v) is 12.6. The highest BCUT2D eigenvalue weighted by Crippen LogP contribution is 2.26. The summed E-state index contributed by atoms with van der Waals surface area (Å²) >= 11 is 3.42. The fourth-order valence-corrected chi connectivity index (χ4v) is 2.14. The maximum atomic E-state index is 6.10. The maximum absolute atomic E-state index is 6.10. The number of nitrogens with two attached hydrogens (primary N) is 1. The molecule has 0 amide bonds. The lowest BCUT2D eigenvalue weighted by molar-refractivity contribution is 0.300. The van der Waals surface area contributed by atoms with Gasteiger partial charge in [-0.3, -0.25) is 0 Å². The lowest BCUT2D eigenvalue weighted by atomic mass is 10.0. The SMILES string of the molecule is CC[C@@H](N)c1ccccc1OCc1ccc(Br)cc1. The Morgan fingerprint density at radius 3 is 2.47 bits per heavy atom. The molecule has 0 fully saturated rings. The minimum absolute atomic E-state index is 0.0288. The smallest absolute Gasteiger partial charge is 0.124 e. The summed E-state index contributed by atoms with van der Waals surface area (Å²) in [6.07, 6.45) is 0.901. The van der Waals surface area contributed by atoms with E-state index in [4.69, 9.17) is 10.5 Å². The molecule has 0 aromatic heterocycles. The first-order valence-corrected chi connectivity index (χ1v) is 7.21. The van der Waals surface area contributed by atoms with Gasteiger partial charge in [0.1, 0.15) is 12.4 Å². The summed E-state index contributed by atoms with van der Waals surface area (Å²) in [4.78, 5) is 0. The minimum Gasteiger partial charge on any atom is -0.489 e. The quantitative estimate of drug-likeness (QED) is 0.884. The average Bonchev–Trinajstić information content (AvgIpc) is 2.46. The predicted molar refractivity (Wildman–Crippen MR) is 82.1 cm³/mol. The Morgan fingerprint density at radius 2 is 1.79 bits per heavy atom. The third kappa shape index (κ3) is 3.82. The van der Waals surface area contributed by atoms with Crippen LogP contribution in [-0.2, 0) is 6.61 Å². The molecule has 0 radical (unpaired) electrons. The molecule has 0 aliphatic heterocycles. The first-order valence-electron chi connectivity index (χ1n) is 6.42. The molecule has 0 heterocycles. The summed E-state index contributed by atoms with van der Waals surface area (Å²) in [7, 11) is 0. The van der Waals surface area contributed by atoms with Gasteiger partial charge in [0.05, 0.1) is 0 Å². The molecule has 0 saturated heterocycles. The van der Waals surface area contributed by atoms with E-state index in [9.17, 15) is 0 Å². The van der Waals surface area contributed by atoms with E-state index in [-0.39, 0.29) is 6.04 Å². The number of hydrogen-bond donors (Lipinski definition) is 1. The fraction of sp³-hybridized carbons (Fsp3) is 0.250. The van der Waals surface area contributed by atoms with Gasteiger partial charge in [0.2, 0.25) is 0 Å². The molecule has 2 rings (SSSR count). The highest BCUT2D eigenvalue weighted by atomic mass is 79.9. The zero-order chi connectivity index (χ0) is 13.7. The Morgan fingerprint density at radius 1 is 1.11 bits per heavy atom. The minimum atomic E-state index is 0.0288. The van der Waals surface area contributed by atoms with Crippen LogP contribution in [0, 0.1) is 0 Å². The molecule has 0 aliphatic carbocycles. The average molecular weight is 320 g/mol. The highest BCUT2D eigenvalue weighted by Gasteiger charge is 2.09. The van der Waals surface area contributed by atoms with Crippen molar-refractivity contribution in [2.24, 2.45) is 5.73 Å². The molecule has 2 aromatic rings. The van der Waals surface area contributed by atoms with Gasteiger partial charge in [-0.1, -0.05) is 53.2 Å². The van der Waals surface area contributed by atoms with Crippen LogP contribution in [0.15, 0.2) is 53.0 Å². The molecule has 2 nitrogen and oxygen atoms in total. The number of ether oxygens (including phenoxy) is 1. The molecule has 0 unspecified atom stereocenters. The second-order valence-corrected chi connectivity index (χ2v) is 5.38. The Balaban J connectivity index is 2.09. The van der Waals surface area contributed by atoms with E-state index in [1.54, 1.807) is 0 Å². The fourth-order valence-electron chi connectivity index (χ4n) is 1.88. The second-order valence-electron chi connectivity index (χ2n) is 4.47. The number of hydrogen-bond acceptors (Lipinski definition) is 2. The van der Waals surface area contributed by atoms with Gasteiger partial charge in [0.15, 0.2) is 0 Å². The Bertz CT molecular complexity index is 525. The molecule has 2 N–H and O–H groups in total. The first-order chi connectivity index (χ1) is 9.20. The van der Waals surface area contributed by atoms with Crippen molar-refractivity contribution in [2.75, 3.05) is 0 Å². The van der Waals surface area contributed by atoms with Gasteiger partial charge in [-0.25, -0.2) is 0 Å². The molecular weight excluding hydrogens is 302 g/mol. The van der Waals surface area contributed by atoms with E-state index in [2.05, 4.69) is 22.9 Å². The molecule has 0 spiro atoms. The molecule has 0 saturated carbocycles. The van der Waals surface area contributed by atoms with Crippen molar-refractivity contribution < 1.29 is 4.74 Å². The summed E-state index contributed by atoms with van der Waals surface area (Å²) in [5, 5.41) is 0. The standard InChI is InChI=1S/C16H18BrNO/c1-2-15(18)14-5-3-4-6-16(14)19-11-12-7-9-13(17)10-8-12/h3-10,15H,2,11,18H2,1H3/t15-/m1/s1. The van der Waals surface area contributed by atoms with E-state index >= 15 is 0 Å². The number of para-hydroxylation sites is 1. The lowest BCUT2D eigenvalue weighted by Gasteiger charge is -2.15. The van der Waals surface area contributed by atoms with Gasteiger partial charge in [-0.05, 0) is 30.2 Å². The molecular formula is C16H18BrNO. The topological polar surface area (TPSA) is 35.2 Å². The van der Waals surface area contributed by atoms with Gasteiger partial charge in [-0.15, -0.1) is 0 Å². The van der Waals surface area contributed by atoms with Crippen molar-refractivity contribution in [1.29, 1.82) is 0 Å². The van der Waals surface area contributed by atoms with Crippen molar-refractivity contribution in [1.82, 2.24) is 0 Å². The molecule has 0 bridgehead atoms. The third-order valence-electron chi connectivity index (χ3n) is 3.07. The normalized spacial score (nSPS) is 12.2. The molecule has 1 atom stereocenters. The molecule has 19 heavy (non-hydrogen) atoms. The van der Waals surface area contributed by atoms with E-state index in [0.29, 0.717) is 6.61 Å². The summed E-state index contributed by atoms with van der Waals surface area (Å²) in [6.45, 7) is 2.64. The molecule has 100 valence electrons. The Kier molecular flexibility index (Phi) is 5.00. The number of rotatable bonds is 5. The third-order valence-corrected chi connectivity index (χ3v) is 3.59. The molecule has 0 aliphatic rings. The van der Waals surface area contributed by atoms with Gasteiger partial charge >= 0.3 is 0 Å². The predicted octanol–water partition coefficient (Wildman–Crippen LogP) is 4.44. The van der Waals surface area contributed by atoms with Crippen LogP contribution >= 0.6 is 15.9 Å².